The molecule has 1 heterocycles. The lowest BCUT2D eigenvalue weighted by Gasteiger charge is -2.20. The predicted octanol–water partition coefficient (Wildman–Crippen LogP) is 4.07. The third kappa shape index (κ3) is 3.25. The summed E-state index contributed by atoms with van der Waals surface area (Å²) in [6.07, 6.45) is 2.14. The first kappa shape index (κ1) is 14.7. The average molecular weight is 288 g/mol. The third-order valence-electron chi connectivity index (χ3n) is 3.26. The molecule has 1 aromatic carbocycles. The van der Waals surface area contributed by atoms with Crippen molar-refractivity contribution in [2.45, 2.75) is 26.7 Å². The van der Waals surface area contributed by atoms with Crippen molar-refractivity contribution in [2.75, 3.05) is 13.1 Å². The van der Waals surface area contributed by atoms with Crippen LogP contribution in [0.5, 0.6) is 0 Å². The molecule has 0 aliphatic rings. The zero-order valence-corrected chi connectivity index (χ0v) is 12.8. The fourth-order valence-corrected chi connectivity index (χ4v) is 2.87. The van der Waals surface area contributed by atoms with E-state index in [1.54, 1.807) is 5.51 Å². The van der Waals surface area contributed by atoms with E-state index >= 15 is 0 Å². The van der Waals surface area contributed by atoms with Crippen molar-refractivity contribution in [1.29, 1.82) is 0 Å². The average Bonchev–Trinajstić information content (AvgIpc) is 2.98. The van der Waals surface area contributed by atoms with Gasteiger partial charge in [0.05, 0.1) is 11.2 Å². The van der Waals surface area contributed by atoms with Gasteiger partial charge in [-0.15, -0.1) is 11.3 Å². The first-order chi connectivity index (χ1) is 9.77. The second kappa shape index (κ2) is 7.20. The fraction of sp³-hybridized carbons (Fsp3) is 0.375. The minimum atomic E-state index is 0.0994. The van der Waals surface area contributed by atoms with E-state index < -0.39 is 0 Å². The second-order valence-electron chi connectivity index (χ2n) is 4.63. The smallest absolute Gasteiger partial charge is 0.266 e. The standard InChI is InChI=1S/C16H20N2OS/c1-3-5-11-18(4-2)16(19)15-14(17-12-20-15)13-9-7-6-8-10-13/h6-10,12H,3-5,11H2,1-2H3. The Hall–Kier alpha value is -1.68. The van der Waals surface area contributed by atoms with Crippen molar-refractivity contribution in [2.24, 2.45) is 0 Å². The molecule has 1 amide bonds. The summed E-state index contributed by atoms with van der Waals surface area (Å²) in [5.41, 5.74) is 3.56. The van der Waals surface area contributed by atoms with Crippen LogP contribution in [-0.4, -0.2) is 28.9 Å². The number of benzene rings is 1. The molecule has 106 valence electrons. The number of carbonyl (C=O) groups excluding carboxylic acids is 1. The number of nitrogens with zero attached hydrogens (tertiary/aromatic N) is 2. The molecule has 0 saturated heterocycles. The summed E-state index contributed by atoms with van der Waals surface area (Å²) in [7, 11) is 0. The van der Waals surface area contributed by atoms with Gasteiger partial charge in [0, 0.05) is 18.7 Å². The van der Waals surface area contributed by atoms with Gasteiger partial charge in [0.15, 0.2) is 0 Å². The molecule has 0 unspecified atom stereocenters. The molecule has 0 bridgehead atoms. The Bertz CT molecular complexity index is 551. The van der Waals surface area contributed by atoms with E-state index in [2.05, 4.69) is 11.9 Å². The molecule has 2 aromatic rings. The largest absolute Gasteiger partial charge is 0.338 e. The number of unbranched alkanes of at least 4 members (excludes halogenated alkanes) is 1. The van der Waals surface area contributed by atoms with Crippen molar-refractivity contribution in [1.82, 2.24) is 9.88 Å². The highest BCUT2D eigenvalue weighted by molar-refractivity contribution is 7.12. The van der Waals surface area contributed by atoms with Crippen molar-refractivity contribution in [3.05, 3.63) is 40.7 Å². The van der Waals surface area contributed by atoms with Crippen molar-refractivity contribution < 1.29 is 4.79 Å². The molecule has 3 nitrogen and oxygen atoms in total. The summed E-state index contributed by atoms with van der Waals surface area (Å²) in [5.74, 6) is 0.0994. The Morgan fingerprint density at radius 2 is 2.00 bits per heavy atom. The van der Waals surface area contributed by atoms with Crippen LogP contribution in [0, 0.1) is 0 Å². The zero-order valence-electron chi connectivity index (χ0n) is 12.0. The van der Waals surface area contributed by atoms with Crippen molar-refractivity contribution in [3.63, 3.8) is 0 Å². The maximum atomic E-state index is 12.6. The molecule has 0 spiro atoms. The molecule has 0 N–H and O–H groups in total. The topological polar surface area (TPSA) is 33.2 Å². The fourth-order valence-electron chi connectivity index (χ4n) is 2.10. The van der Waals surface area contributed by atoms with Gasteiger partial charge in [0.2, 0.25) is 0 Å². The molecule has 0 aliphatic heterocycles. The Morgan fingerprint density at radius 1 is 1.25 bits per heavy atom. The minimum Gasteiger partial charge on any atom is -0.338 e. The molecular formula is C16H20N2OS. The molecule has 20 heavy (non-hydrogen) atoms. The molecule has 0 saturated carbocycles. The van der Waals surface area contributed by atoms with Crippen LogP contribution in [0.15, 0.2) is 35.8 Å². The first-order valence-electron chi connectivity index (χ1n) is 7.06. The van der Waals surface area contributed by atoms with Crippen LogP contribution in [0.25, 0.3) is 11.3 Å². The van der Waals surface area contributed by atoms with E-state index in [-0.39, 0.29) is 5.91 Å². The van der Waals surface area contributed by atoms with Gasteiger partial charge in [0.1, 0.15) is 4.88 Å². The molecule has 0 fully saturated rings. The summed E-state index contributed by atoms with van der Waals surface area (Å²) >= 11 is 1.43. The van der Waals surface area contributed by atoms with Crippen LogP contribution >= 0.6 is 11.3 Å². The second-order valence-corrected chi connectivity index (χ2v) is 5.49. The van der Waals surface area contributed by atoms with Gasteiger partial charge in [-0.05, 0) is 13.3 Å². The summed E-state index contributed by atoms with van der Waals surface area (Å²) in [5, 5.41) is 0. The van der Waals surface area contributed by atoms with Gasteiger partial charge in [-0.3, -0.25) is 4.79 Å². The minimum absolute atomic E-state index is 0.0994. The van der Waals surface area contributed by atoms with Gasteiger partial charge >= 0.3 is 0 Å². The third-order valence-corrected chi connectivity index (χ3v) is 4.07. The number of rotatable bonds is 6. The Balaban J connectivity index is 2.25. The van der Waals surface area contributed by atoms with E-state index in [4.69, 9.17) is 0 Å². The lowest BCUT2D eigenvalue weighted by Crippen LogP contribution is -2.31. The van der Waals surface area contributed by atoms with Crippen molar-refractivity contribution in [3.8, 4) is 11.3 Å². The summed E-state index contributed by atoms with van der Waals surface area (Å²) in [4.78, 5) is 19.7. The van der Waals surface area contributed by atoms with E-state index in [9.17, 15) is 4.79 Å². The van der Waals surface area contributed by atoms with Crippen LogP contribution in [0.3, 0.4) is 0 Å². The monoisotopic (exact) mass is 288 g/mol. The number of aromatic nitrogens is 1. The van der Waals surface area contributed by atoms with E-state index in [0.29, 0.717) is 0 Å². The van der Waals surface area contributed by atoms with Gasteiger partial charge in [-0.2, -0.15) is 0 Å². The molecule has 4 heteroatoms. The maximum Gasteiger partial charge on any atom is 0.266 e. The molecule has 0 radical (unpaired) electrons. The maximum absolute atomic E-state index is 12.6. The van der Waals surface area contributed by atoms with E-state index in [1.165, 1.54) is 11.3 Å². The van der Waals surface area contributed by atoms with Crippen LogP contribution < -0.4 is 0 Å². The summed E-state index contributed by atoms with van der Waals surface area (Å²) in [6, 6.07) is 9.90. The van der Waals surface area contributed by atoms with Crippen LogP contribution in [-0.2, 0) is 0 Å². The van der Waals surface area contributed by atoms with Gasteiger partial charge in [-0.25, -0.2) is 4.98 Å². The molecular weight excluding hydrogens is 268 g/mol. The zero-order chi connectivity index (χ0) is 14.4. The molecule has 1 aromatic heterocycles. The SMILES string of the molecule is CCCCN(CC)C(=O)c1scnc1-c1ccccc1. The highest BCUT2D eigenvalue weighted by atomic mass is 32.1. The lowest BCUT2D eigenvalue weighted by molar-refractivity contribution is 0.0767. The van der Waals surface area contributed by atoms with Gasteiger partial charge in [-0.1, -0.05) is 43.7 Å². The summed E-state index contributed by atoms with van der Waals surface area (Å²) in [6.45, 7) is 5.72. The van der Waals surface area contributed by atoms with E-state index in [1.807, 2.05) is 42.2 Å². The van der Waals surface area contributed by atoms with Crippen LogP contribution in [0.2, 0.25) is 0 Å². The van der Waals surface area contributed by atoms with Crippen LogP contribution in [0.4, 0.5) is 0 Å². The highest BCUT2D eigenvalue weighted by Crippen LogP contribution is 2.26. The number of hydrogen-bond donors (Lipinski definition) is 0. The molecule has 0 aliphatic carbocycles. The molecule has 0 atom stereocenters. The van der Waals surface area contributed by atoms with Crippen molar-refractivity contribution >= 4 is 17.2 Å². The van der Waals surface area contributed by atoms with Gasteiger partial charge < -0.3 is 4.90 Å². The molecule has 2 rings (SSSR count). The van der Waals surface area contributed by atoms with E-state index in [0.717, 1.165) is 42.1 Å². The Kier molecular flexibility index (Phi) is 5.30. The quantitative estimate of drug-likeness (QED) is 0.802. The number of carbonyl (C=O) groups is 1. The summed E-state index contributed by atoms with van der Waals surface area (Å²) < 4.78 is 0. The lowest BCUT2D eigenvalue weighted by atomic mass is 10.1. The van der Waals surface area contributed by atoms with Gasteiger partial charge in [0.25, 0.3) is 5.91 Å². The number of thiazole rings is 1. The van der Waals surface area contributed by atoms with Crippen LogP contribution in [0.1, 0.15) is 36.4 Å². The Labute approximate surface area is 124 Å². The number of amides is 1. The predicted molar refractivity (Wildman–Crippen MR) is 84.0 cm³/mol. The Morgan fingerprint density at radius 3 is 2.65 bits per heavy atom. The normalized spacial score (nSPS) is 10.5. The number of hydrogen-bond acceptors (Lipinski definition) is 3. The first-order valence-corrected chi connectivity index (χ1v) is 7.94. The highest BCUT2D eigenvalue weighted by Gasteiger charge is 2.20.